The van der Waals surface area contributed by atoms with E-state index in [1.807, 2.05) is 18.2 Å². The van der Waals surface area contributed by atoms with Crippen LogP contribution in [0.5, 0.6) is 0 Å². The number of ether oxygens (including phenoxy) is 1. The Kier molecular flexibility index (Phi) is 5.70. The summed E-state index contributed by atoms with van der Waals surface area (Å²) >= 11 is 0. The predicted octanol–water partition coefficient (Wildman–Crippen LogP) is 4.19. The maximum Gasteiger partial charge on any atom is 0.430 e. The van der Waals surface area contributed by atoms with Crippen LogP contribution in [0.3, 0.4) is 0 Å². The van der Waals surface area contributed by atoms with Crippen molar-refractivity contribution in [3.05, 3.63) is 59.5 Å². The van der Waals surface area contributed by atoms with Gasteiger partial charge in [0.1, 0.15) is 17.2 Å². The molecule has 7 heteroatoms. The van der Waals surface area contributed by atoms with E-state index in [0.717, 1.165) is 31.1 Å². The SMILES string of the molecule is CN1CC=C(c2cccc(N=C(/C=C(\N)C(F)(F)F)C3=CCCO3)c2)CC1. The monoisotopic (exact) mass is 377 g/mol. The highest BCUT2D eigenvalue weighted by atomic mass is 19.4. The standard InChI is InChI=1S/C20H22F3N3O/c1-26-9-7-14(8-10-26)15-4-2-5-16(12-15)25-17(18-6-3-11-27-18)13-19(24)20(21,22)23/h2,4-7,12-13H,3,8-11,24H2,1H3/b19-13-,25-17?. The van der Waals surface area contributed by atoms with E-state index in [0.29, 0.717) is 24.5 Å². The Morgan fingerprint density at radius 1 is 1.30 bits per heavy atom. The lowest BCUT2D eigenvalue weighted by Crippen LogP contribution is -2.23. The van der Waals surface area contributed by atoms with Crippen molar-refractivity contribution >= 4 is 17.0 Å². The first kappa shape index (κ1) is 19.2. The number of likely N-dealkylation sites (N-methyl/N-ethyl adjacent to an activating group) is 1. The summed E-state index contributed by atoms with van der Waals surface area (Å²) < 4.78 is 44.0. The van der Waals surface area contributed by atoms with E-state index in [9.17, 15) is 13.2 Å². The molecule has 0 atom stereocenters. The zero-order chi connectivity index (χ0) is 19.4. The van der Waals surface area contributed by atoms with E-state index >= 15 is 0 Å². The van der Waals surface area contributed by atoms with Crippen LogP contribution in [-0.2, 0) is 4.74 Å². The molecule has 0 unspecified atom stereocenters. The Morgan fingerprint density at radius 3 is 2.74 bits per heavy atom. The summed E-state index contributed by atoms with van der Waals surface area (Å²) in [4.78, 5) is 6.61. The van der Waals surface area contributed by atoms with Gasteiger partial charge in [0.05, 0.1) is 12.3 Å². The van der Waals surface area contributed by atoms with Gasteiger partial charge in [-0.15, -0.1) is 0 Å². The number of hydrogen-bond donors (Lipinski definition) is 1. The van der Waals surface area contributed by atoms with Crippen molar-refractivity contribution in [2.24, 2.45) is 10.7 Å². The summed E-state index contributed by atoms with van der Waals surface area (Å²) in [5.74, 6) is 0.325. The Balaban J connectivity index is 1.94. The summed E-state index contributed by atoms with van der Waals surface area (Å²) in [5.41, 5.74) is 6.87. The van der Waals surface area contributed by atoms with E-state index in [4.69, 9.17) is 10.5 Å². The minimum atomic E-state index is -4.61. The smallest absolute Gasteiger partial charge is 0.430 e. The topological polar surface area (TPSA) is 50.8 Å². The van der Waals surface area contributed by atoms with Crippen molar-refractivity contribution < 1.29 is 17.9 Å². The largest absolute Gasteiger partial charge is 0.491 e. The number of alkyl halides is 3. The molecule has 27 heavy (non-hydrogen) atoms. The fraction of sp³-hybridized carbons (Fsp3) is 0.350. The lowest BCUT2D eigenvalue weighted by Gasteiger charge is -2.22. The Bertz CT molecular complexity index is 822. The third-order valence-electron chi connectivity index (χ3n) is 4.46. The highest BCUT2D eigenvalue weighted by molar-refractivity contribution is 6.08. The van der Waals surface area contributed by atoms with E-state index < -0.39 is 11.9 Å². The maximum absolute atomic E-state index is 12.9. The molecule has 0 saturated heterocycles. The van der Waals surface area contributed by atoms with Gasteiger partial charge in [-0.1, -0.05) is 18.2 Å². The molecule has 0 radical (unpaired) electrons. The number of nitrogens with zero attached hydrogens (tertiary/aromatic N) is 2. The number of halogens is 3. The van der Waals surface area contributed by atoms with Crippen molar-refractivity contribution in [3.63, 3.8) is 0 Å². The van der Waals surface area contributed by atoms with Crippen molar-refractivity contribution in [3.8, 4) is 0 Å². The van der Waals surface area contributed by atoms with Crippen LogP contribution in [0.4, 0.5) is 18.9 Å². The van der Waals surface area contributed by atoms with Gasteiger partial charge in [0.15, 0.2) is 0 Å². The molecule has 0 aliphatic carbocycles. The van der Waals surface area contributed by atoms with Crippen molar-refractivity contribution in [2.45, 2.75) is 19.0 Å². The summed E-state index contributed by atoms with van der Waals surface area (Å²) in [7, 11) is 2.06. The molecule has 2 heterocycles. The molecule has 0 aromatic heterocycles. The van der Waals surface area contributed by atoms with Crippen molar-refractivity contribution in [2.75, 3.05) is 26.7 Å². The molecule has 2 aliphatic rings. The third kappa shape index (κ3) is 5.01. The van der Waals surface area contributed by atoms with Crippen LogP contribution >= 0.6 is 0 Å². The van der Waals surface area contributed by atoms with Crippen LogP contribution < -0.4 is 5.73 Å². The van der Waals surface area contributed by atoms with Gasteiger partial charge in [-0.05, 0) is 48.9 Å². The van der Waals surface area contributed by atoms with E-state index in [-0.39, 0.29) is 5.71 Å². The minimum Gasteiger partial charge on any atom is -0.491 e. The fourth-order valence-corrected chi connectivity index (χ4v) is 2.93. The van der Waals surface area contributed by atoms with Gasteiger partial charge in [0.25, 0.3) is 0 Å². The van der Waals surface area contributed by atoms with Gasteiger partial charge in [0, 0.05) is 19.5 Å². The van der Waals surface area contributed by atoms with Crippen LogP contribution in [0.15, 0.2) is 58.9 Å². The molecule has 3 rings (SSSR count). The number of allylic oxidation sites excluding steroid dienone is 2. The molecule has 0 amide bonds. The van der Waals surface area contributed by atoms with Crippen LogP contribution in [0.2, 0.25) is 0 Å². The first-order chi connectivity index (χ1) is 12.8. The maximum atomic E-state index is 12.9. The van der Waals surface area contributed by atoms with Gasteiger partial charge in [-0.2, -0.15) is 13.2 Å². The quantitative estimate of drug-likeness (QED) is 0.801. The first-order valence-corrected chi connectivity index (χ1v) is 8.77. The molecule has 4 nitrogen and oxygen atoms in total. The molecule has 1 aromatic carbocycles. The Labute approximate surface area is 156 Å². The molecule has 0 bridgehead atoms. The van der Waals surface area contributed by atoms with Gasteiger partial charge in [-0.3, -0.25) is 0 Å². The zero-order valence-electron chi connectivity index (χ0n) is 15.1. The molecule has 1 aromatic rings. The average Bonchev–Trinajstić information content (AvgIpc) is 3.16. The molecule has 144 valence electrons. The van der Waals surface area contributed by atoms with Gasteiger partial charge >= 0.3 is 6.18 Å². The van der Waals surface area contributed by atoms with Crippen LogP contribution in [0, 0.1) is 0 Å². The number of hydrogen-bond acceptors (Lipinski definition) is 4. The lowest BCUT2D eigenvalue weighted by atomic mass is 9.99. The summed E-state index contributed by atoms with van der Waals surface area (Å²) in [6, 6.07) is 7.48. The second-order valence-electron chi connectivity index (χ2n) is 6.59. The highest BCUT2D eigenvalue weighted by Gasteiger charge is 2.32. The number of aliphatic imine (C=N–C) groups is 1. The van der Waals surface area contributed by atoms with Gasteiger partial charge in [-0.25, -0.2) is 4.99 Å². The summed E-state index contributed by atoms with van der Waals surface area (Å²) in [6.07, 6.45) is 1.67. The molecule has 0 saturated carbocycles. The number of rotatable bonds is 4. The normalized spacial score (nSPS) is 19.6. The van der Waals surface area contributed by atoms with Gasteiger partial charge in [0.2, 0.25) is 0 Å². The average molecular weight is 377 g/mol. The van der Waals surface area contributed by atoms with Crippen LogP contribution in [0.1, 0.15) is 18.4 Å². The van der Waals surface area contributed by atoms with Crippen LogP contribution in [-0.4, -0.2) is 43.5 Å². The van der Waals surface area contributed by atoms with Crippen molar-refractivity contribution in [1.29, 1.82) is 0 Å². The second kappa shape index (κ2) is 8.00. The fourth-order valence-electron chi connectivity index (χ4n) is 2.93. The molecule has 2 aliphatic heterocycles. The molecule has 0 fully saturated rings. The van der Waals surface area contributed by atoms with Crippen molar-refractivity contribution in [1.82, 2.24) is 4.90 Å². The minimum absolute atomic E-state index is 0.0804. The van der Waals surface area contributed by atoms with E-state index in [1.165, 1.54) is 5.57 Å². The second-order valence-corrected chi connectivity index (χ2v) is 6.59. The Morgan fingerprint density at radius 2 is 2.11 bits per heavy atom. The molecular formula is C20H22F3N3O. The molecule has 0 spiro atoms. The summed E-state index contributed by atoms with van der Waals surface area (Å²) in [5, 5.41) is 0. The van der Waals surface area contributed by atoms with E-state index in [2.05, 4.69) is 23.0 Å². The molecule has 2 N–H and O–H groups in total. The van der Waals surface area contributed by atoms with E-state index in [1.54, 1.807) is 12.1 Å². The van der Waals surface area contributed by atoms with Crippen LogP contribution in [0.25, 0.3) is 5.57 Å². The summed E-state index contributed by atoms with van der Waals surface area (Å²) in [6.45, 7) is 2.27. The van der Waals surface area contributed by atoms with Gasteiger partial charge < -0.3 is 15.4 Å². The third-order valence-corrected chi connectivity index (χ3v) is 4.46. The zero-order valence-corrected chi connectivity index (χ0v) is 15.1. The lowest BCUT2D eigenvalue weighted by molar-refractivity contribution is -0.0925. The molecular weight excluding hydrogens is 355 g/mol. The predicted molar refractivity (Wildman–Crippen MR) is 101 cm³/mol. The number of benzene rings is 1. The Hall–Kier alpha value is -2.54. The number of nitrogens with two attached hydrogens (primary N) is 1. The highest BCUT2D eigenvalue weighted by Crippen LogP contribution is 2.27. The first-order valence-electron chi connectivity index (χ1n) is 8.77.